The maximum atomic E-state index is 11.9. The number of amides is 1. The maximum Gasteiger partial charge on any atom is 0.258 e. The molecule has 0 unspecified atom stereocenters. The number of nitrogens with one attached hydrogen (secondary N) is 1. The summed E-state index contributed by atoms with van der Waals surface area (Å²) in [5.74, 6) is -0.281. The Morgan fingerprint density at radius 3 is 2.45 bits per heavy atom. The molecule has 1 amide bonds. The van der Waals surface area contributed by atoms with Crippen LogP contribution in [-0.2, 0) is 16.4 Å². The predicted octanol–water partition coefficient (Wildman–Crippen LogP) is 1.56. The number of sulfone groups is 1. The van der Waals surface area contributed by atoms with Gasteiger partial charge in [-0.3, -0.25) is 9.48 Å². The van der Waals surface area contributed by atoms with Crippen molar-refractivity contribution in [1.82, 2.24) is 9.78 Å². The number of aromatic nitrogens is 2. The predicted molar refractivity (Wildman–Crippen MR) is 75.4 cm³/mol. The standard InChI is InChI=1S/C13H15N3O3S/c1-3-16-9-10(8-14-16)13(17)15-11-4-6-12(7-5-11)20(2,18)19/h4-9H,3H2,1-2H3,(H,15,17). The fourth-order valence-electron chi connectivity index (χ4n) is 1.64. The van der Waals surface area contributed by atoms with Crippen LogP contribution in [0, 0.1) is 0 Å². The zero-order chi connectivity index (χ0) is 14.8. The van der Waals surface area contributed by atoms with Crippen LogP contribution in [0.4, 0.5) is 5.69 Å². The first-order chi connectivity index (χ1) is 9.40. The first kappa shape index (κ1) is 14.3. The van der Waals surface area contributed by atoms with Crippen molar-refractivity contribution in [2.24, 2.45) is 0 Å². The van der Waals surface area contributed by atoms with Gasteiger partial charge in [0.05, 0.1) is 16.7 Å². The van der Waals surface area contributed by atoms with Gasteiger partial charge in [0.2, 0.25) is 0 Å². The van der Waals surface area contributed by atoms with E-state index in [1.807, 2.05) is 6.92 Å². The molecule has 0 aliphatic heterocycles. The van der Waals surface area contributed by atoms with Crippen LogP contribution in [0.3, 0.4) is 0 Å². The monoisotopic (exact) mass is 293 g/mol. The lowest BCUT2D eigenvalue weighted by molar-refractivity contribution is 0.102. The first-order valence-electron chi connectivity index (χ1n) is 6.04. The van der Waals surface area contributed by atoms with Crippen molar-refractivity contribution in [2.75, 3.05) is 11.6 Å². The van der Waals surface area contributed by atoms with Crippen LogP contribution in [0.1, 0.15) is 17.3 Å². The molecule has 0 saturated heterocycles. The van der Waals surface area contributed by atoms with E-state index in [0.717, 1.165) is 6.26 Å². The van der Waals surface area contributed by atoms with Crippen molar-refractivity contribution < 1.29 is 13.2 Å². The van der Waals surface area contributed by atoms with Crippen LogP contribution in [0.2, 0.25) is 0 Å². The van der Waals surface area contributed by atoms with Crippen molar-refractivity contribution in [2.45, 2.75) is 18.4 Å². The molecule has 20 heavy (non-hydrogen) atoms. The molecule has 0 saturated carbocycles. The Hall–Kier alpha value is -2.15. The summed E-state index contributed by atoms with van der Waals surface area (Å²) in [6.45, 7) is 2.62. The van der Waals surface area contributed by atoms with Crippen LogP contribution in [0.15, 0.2) is 41.6 Å². The number of benzene rings is 1. The third-order valence-corrected chi connectivity index (χ3v) is 3.89. The average molecular weight is 293 g/mol. The molecular weight excluding hydrogens is 278 g/mol. The minimum Gasteiger partial charge on any atom is -0.322 e. The number of nitrogens with zero attached hydrogens (tertiary/aromatic N) is 2. The Kier molecular flexibility index (Phi) is 3.89. The van der Waals surface area contributed by atoms with Gasteiger partial charge < -0.3 is 5.32 Å². The van der Waals surface area contributed by atoms with Crippen LogP contribution >= 0.6 is 0 Å². The van der Waals surface area contributed by atoms with Crippen molar-refractivity contribution >= 4 is 21.4 Å². The fraction of sp³-hybridized carbons (Fsp3) is 0.231. The normalized spacial score (nSPS) is 11.3. The number of aryl methyl sites for hydroxylation is 1. The summed E-state index contributed by atoms with van der Waals surface area (Å²) >= 11 is 0. The van der Waals surface area contributed by atoms with Crippen molar-refractivity contribution in [3.8, 4) is 0 Å². The van der Waals surface area contributed by atoms with Crippen LogP contribution < -0.4 is 5.32 Å². The quantitative estimate of drug-likeness (QED) is 0.927. The van der Waals surface area contributed by atoms with Gasteiger partial charge in [-0.15, -0.1) is 0 Å². The highest BCUT2D eigenvalue weighted by Gasteiger charge is 2.10. The molecule has 106 valence electrons. The molecule has 6 nitrogen and oxygen atoms in total. The summed E-state index contributed by atoms with van der Waals surface area (Å²) in [4.78, 5) is 12.2. The second-order valence-corrected chi connectivity index (χ2v) is 6.35. The molecule has 2 rings (SSSR count). The Balaban J connectivity index is 2.12. The Bertz CT molecular complexity index is 718. The molecule has 0 radical (unpaired) electrons. The second-order valence-electron chi connectivity index (χ2n) is 4.34. The maximum absolute atomic E-state index is 11.9. The topological polar surface area (TPSA) is 81.1 Å². The third kappa shape index (κ3) is 3.24. The van der Waals surface area contributed by atoms with Gasteiger partial charge in [-0.25, -0.2) is 8.42 Å². The molecule has 1 heterocycles. The summed E-state index contributed by atoms with van der Waals surface area (Å²) in [6, 6.07) is 6.03. The lowest BCUT2D eigenvalue weighted by Crippen LogP contribution is -2.11. The summed E-state index contributed by atoms with van der Waals surface area (Å²) in [7, 11) is -3.23. The minimum atomic E-state index is -3.23. The average Bonchev–Trinajstić information content (AvgIpc) is 2.87. The number of carbonyl (C=O) groups is 1. The zero-order valence-corrected chi connectivity index (χ0v) is 12.0. The smallest absolute Gasteiger partial charge is 0.258 e. The van der Waals surface area contributed by atoms with E-state index in [9.17, 15) is 13.2 Å². The Labute approximate surface area is 117 Å². The lowest BCUT2D eigenvalue weighted by atomic mass is 10.3. The van der Waals surface area contributed by atoms with Crippen LogP contribution in [0.25, 0.3) is 0 Å². The van der Waals surface area contributed by atoms with E-state index in [4.69, 9.17) is 0 Å². The number of rotatable bonds is 4. The van der Waals surface area contributed by atoms with Gasteiger partial charge in [-0.1, -0.05) is 0 Å². The molecule has 0 atom stereocenters. The highest BCUT2D eigenvalue weighted by Crippen LogP contribution is 2.14. The SMILES string of the molecule is CCn1cc(C(=O)Nc2ccc(S(C)(=O)=O)cc2)cn1. The molecule has 0 spiro atoms. The molecule has 0 aliphatic carbocycles. The largest absolute Gasteiger partial charge is 0.322 e. The summed E-state index contributed by atoms with van der Waals surface area (Å²) in [5.41, 5.74) is 0.991. The van der Waals surface area contributed by atoms with Crippen LogP contribution in [-0.4, -0.2) is 30.4 Å². The minimum absolute atomic E-state index is 0.217. The number of hydrogen-bond donors (Lipinski definition) is 1. The fourth-order valence-corrected chi connectivity index (χ4v) is 2.27. The highest BCUT2D eigenvalue weighted by atomic mass is 32.2. The van der Waals surface area contributed by atoms with Gasteiger partial charge >= 0.3 is 0 Å². The van der Waals surface area contributed by atoms with Gasteiger partial charge in [0.15, 0.2) is 9.84 Å². The molecule has 7 heteroatoms. The first-order valence-corrected chi connectivity index (χ1v) is 7.93. The van der Waals surface area contributed by atoms with E-state index in [0.29, 0.717) is 17.8 Å². The van der Waals surface area contributed by atoms with Crippen molar-refractivity contribution in [3.05, 3.63) is 42.2 Å². The molecule has 0 fully saturated rings. The van der Waals surface area contributed by atoms with Crippen molar-refractivity contribution in [3.63, 3.8) is 0 Å². The van der Waals surface area contributed by atoms with Crippen LogP contribution in [0.5, 0.6) is 0 Å². The molecule has 0 bridgehead atoms. The molecule has 1 aromatic heterocycles. The Morgan fingerprint density at radius 2 is 1.95 bits per heavy atom. The van der Waals surface area contributed by atoms with E-state index in [2.05, 4.69) is 10.4 Å². The Morgan fingerprint density at radius 1 is 1.30 bits per heavy atom. The number of anilines is 1. The van der Waals surface area contributed by atoms with E-state index >= 15 is 0 Å². The van der Waals surface area contributed by atoms with Gasteiger partial charge in [0, 0.05) is 24.7 Å². The summed E-state index contributed by atoms with van der Waals surface area (Å²) < 4.78 is 24.3. The molecular formula is C13H15N3O3S. The van der Waals surface area contributed by atoms with E-state index in [-0.39, 0.29) is 10.8 Å². The van der Waals surface area contributed by atoms with E-state index in [1.54, 1.807) is 23.0 Å². The zero-order valence-electron chi connectivity index (χ0n) is 11.2. The van der Waals surface area contributed by atoms with E-state index < -0.39 is 9.84 Å². The van der Waals surface area contributed by atoms with Gasteiger partial charge in [0.1, 0.15) is 0 Å². The number of carbonyl (C=O) groups excluding carboxylic acids is 1. The molecule has 2 aromatic rings. The molecule has 1 N–H and O–H groups in total. The molecule has 0 aliphatic rings. The van der Waals surface area contributed by atoms with Gasteiger partial charge in [-0.05, 0) is 31.2 Å². The lowest BCUT2D eigenvalue weighted by Gasteiger charge is -2.04. The second kappa shape index (κ2) is 5.46. The summed E-state index contributed by atoms with van der Waals surface area (Å²) in [6.07, 6.45) is 4.28. The molecule has 1 aromatic carbocycles. The van der Waals surface area contributed by atoms with Crippen molar-refractivity contribution in [1.29, 1.82) is 0 Å². The summed E-state index contributed by atoms with van der Waals surface area (Å²) in [5, 5.41) is 6.71. The van der Waals surface area contributed by atoms with E-state index in [1.165, 1.54) is 18.3 Å². The van der Waals surface area contributed by atoms with Gasteiger partial charge in [0.25, 0.3) is 5.91 Å². The number of hydrogen-bond acceptors (Lipinski definition) is 4. The van der Waals surface area contributed by atoms with Gasteiger partial charge in [-0.2, -0.15) is 5.10 Å². The highest BCUT2D eigenvalue weighted by molar-refractivity contribution is 7.90. The third-order valence-electron chi connectivity index (χ3n) is 2.76.